The van der Waals surface area contributed by atoms with E-state index in [1.807, 2.05) is 6.92 Å². The van der Waals surface area contributed by atoms with Crippen LogP contribution in [0.5, 0.6) is 11.5 Å². The van der Waals surface area contributed by atoms with Crippen LogP contribution in [0.4, 0.5) is 4.79 Å². The van der Waals surface area contributed by atoms with Crippen molar-refractivity contribution < 1.29 is 23.8 Å². The van der Waals surface area contributed by atoms with Gasteiger partial charge in [-0.25, -0.2) is 0 Å². The second-order valence-electron chi connectivity index (χ2n) is 6.61. The molecule has 32 heavy (non-hydrogen) atoms. The molecule has 0 saturated carbocycles. The summed E-state index contributed by atoms with van der Waals surface area (Å²) in [5, 5.41) is 0.968. The van der Waals surface area contributed by atoms with Gasteiger partial charge in [-0.3, -0.25) is 14.5 Å². The molecule has 2 aromatic rings. The number of nitrogens with zero attached hydrogens (tertiary/aromatic N) is 1. The molecule has 1 heterocycles. The number of hydrogen-bond donors (Lipinski definition) is 0. The molecule has 0 atom stereocenters. The number of amides is 2. The minimum atomic E-state index is -0.371. The van der Waals surface area contributed by atoms with Crippen LogP contribution in [-0.4, -0.2) is 42.9 Å². The van der Waals surface area contributed by atoms with E-state index in [1.165, 1.54) is 7.11 Å². The molecule has 170 valence electrons. The van der Waals surface area contributed by atoms with Crippen molar-refractivity contribution in [2.45, 2.75) is 13.5 Å². The lowest BCUT2D eigenvalue weighted by Gasteiger charge is -2.15. The molecule has 1 fully saturated rings. The van der Waals surface area contributed by atoms with Crippen LogP contribution >= 0.6 is 46.6 Å². The molecule has 0 spiro atoms. The molecule has 1 aliphatic heterocycles. The highest BCUT2D eigenvalue weighted by atomic mass is 35.5. The van der Waals surface area contributed by atoms with Crippen molar-refractivity contribution in [3.05, 3.63) is 61.4 Å². The Morgan fingerprint density at radius 1 is 1.06 bits per heavy atom. The van der Waals surface area contributed by atoms with E-state index < -0.39 is 0 Å². The molecule has 0 unspecified atom stereocenters. The second kappa shape index (κ2) is 11.3. The number of carbonyl (C=O) groups excluding carboxylic acids is 2. The summed E-state index contributed by atoms with van der Waals surface area (Å²) in [6, 6.07) is 8.48. The molecule has 2 aromatic carbocycles. The molecular formula is C22H20Cl3NO5S. The Balaban J connectivity index is 1.84. The summed E-state index contributed by atoms with van der Waals surface area (Å²) in [6.07, 6.45) is 1.60. The zero-order valence-electron chi connectivity index (χ0n) is 17.3. The number of carbonyl (C=O) groups is 2. The largest absolute Gasteiger partial charge is 0.490 e. The lowest BCUT2D eigenvalue weighted by Crippen LogP contribution is -2.31. The van der Waals surface area contributed by atoms with Crippen LogP contribution in [0.1, 0.15) is 18.1 Å². The molecule has 2 amide bonds. The highest BCUT2D eigenvalue weighted by molar-refractivity contribution is 8.18. The van der Waals surface area contributed by atoms with Gasteiger partial charge < -0.3 is 14.2 Å². The van der Waals surface area contributed by atoms with Crippen LogP contribution in [0, 0.1) is 0 Å². The molecule has 0 aromatic heterocycles. The lowest BCUT2D eigenvalue weighted by atomic mass is 10.1. The predicted molar refractivity (Wildman–Crippen MR) is 128 cm³/mol. The molecule has 6 nitrogen and oxygen atoms in total. The highest BCUT2D eigenvalue weighted by Crippen LogP contribution is 2.40. The van der Waals surface area contributed by atoms with Gasteiger partial charge in [-0.1, -0.05) is 40.9 Å². The Bertz CT molecular complexity index is 1060. The Kier molecular flexibility index (Phi) is 8.73. The maximum atomic E-state index is 12.6. The first kappa shape index (κ1) is 24.7. The third kappa shape index (κ3) is 5.91. The van der Waals surface area contributed by atoms with Gasteiger partial charge in [-0.2, -0.15) is 0 Å². The monoisotopic (exact) mass is 515 g/mol. The number of rotatable bonds is 9. The van der Waals surface area contributed by atoms with E-state index in [2.05, 4.69) is 0 Å². The van der Waals surface area contributed by atoms with Crippen molar-refractivity contribution in [3.8, 4) is 11.5 Å². The van der Waals surface area contributed by atoms with Gasteiger partial charge in [0.25, 0.3) is 11.1 Å². The first-order valence-corrected chi connectivity index (χ1v) is 11.6. The van der Waals surface area contributed by atoms with Gasteiger partial charge in [0, 0.05) is 22.7 Å². The SMILES string of the molecule is CCOc1cc(/C=C2/SC(=O)N(CCOC)C2=O)cc(Cl)c1OCc1ccc(Cl)cc1Cl. The molecule has 3 rings (SSSR count). The summed E-state index contributed by atoms with van der Waals surface area (Å²) in [5.74, 6) is 0.392. The van der Waals surface area contributed by atoms with E-state index in [4.69, 9.17) is 49.0 Å². The van der Waals surface area contributed by atoms with Crippen molar-refractivity contribution in [1.82, 2.24) is 4.90 Å². The zero-order chi connectivity index (χ0) is 23.3. The Hall–Kier alpha value is -1.90. The summed E-state index contributed by atoms with van der Waals surface area (Å²) >= 11 is 19.5. The third-order valence-electron chi connectivity index (χ3n) is 4.41. The Morgan fingerprint density at radius 2 is 1.84 bits per heavy atom. The number of methoxy groups -OCH3 is 1. The quantitative estimate of drug-likeness (QED) is 0.364. The van der Waals surface area contributed by atoms with Gasteiger partial charge >= 0.3 is 0 Å². The van der Waals surface area contributed by atoms with E-state index in [1.54, 1.807) is 36.4 Å². The molecular weight excluding hydrogens is 497 g/mol. The summed E-state index contributed by atoms with van der Waals surface area (Å²) in [7, 11) is 1.51. The van der Waals surface area contributed by atoms with Crippen molar-refractivity contribution in [2.75, 3.05) is 26.9 Å². The molecule has 0 bridgehead atoms. The van der Waals surface area contributed by atoms with Gasteiger partial charge in [0.2, 0.25) is 0 Å². The van der Waals surface area contributed by atoms with Crippen molar-refractivity contribution in [2.24, 2.45) is 0 Å². The third-order valence-corrected chi connectivity index (χ3v) is 6.18. The Morgan fingerprint density at radius 3 is 2.53 bits per heavy atom. The predicted octanol–water partition coefficient (Wildman–Crippen LogP) is 6.31. The molecule has 0 radical (unpaired) electrons. The number of hydrogen-bond acceptors (Lipinski definition) is 6. The average molecular weight is 517 g/mol. The second-order valence-corrected chi connectivity index (χ2v) is 8.86. The topological polar surface area (TPSA) is 65.1 Å². The van der Waals surface area contributed by atoms with Crippen LogP contribution < -0.4 is 9.47 Å². The summed E-state index contributed by atoms with van der Waals surface area (Å²) in [6.45, 7) is 2.85. The number of benzene rings is 2. The summed E-state index contributed by atoms with van der Waals surface area (Å²) in [5.41, 5.74) is 1.34. The summed E-state index contributed by atoms with van der Waals surface area (Å²) in [4.78, 5) is 26.1. The van der Waals surface area contributed by atoms with Crippen LogP contribution in [0.25, 0.3) is 6.08 Å². The fraction of sp³-hybridized carbons (Fsp3) is 0.273. The number of halogens is 3. The van der Waals surface area contributed by atoms with Crippen LogP contribution in [0.2, 0.25) is 15.1 Å². The Labute approximate surface area is 205 Å². The van der Waals surface area contributed by atoms with Gasteiger partial charge in [0.05, 0.1) is 29.7 Å². The number of ether oxygens (including phenoxy) is 3. The number of thioether (sulfide) groups is 1. The van der Waals surface area contributed by atoms with Crippen molar-refractivity contribution in [1.29, 1.82) is 0 Å². The van der Waals surface area contributed by atoms with Crippen LogP contribution in [0.3, 0.4) is 0 Å². The molecule has 10 heteroatoms. The van der Waals surface area contributed by atoms with E-state index in [9.17, 15) is 9.59 Å². The molecule has 1 aliphatic rings. The van der Waals surface area contributed by atoms with Crippen LogP contribution in [0.15, 0.2) is 35.2 Å². The van der Waals surface area contributed by atoms with E-state index in [0.29, 0.717) is 43.6 Å². The average Bonchev–Trinajstić information content (AvgIpc) is 3.00. The van der Waals surface area contributed by atoms with Crippen molar-refractivity contribution >= 4 is 63.8 Å². The van der Waals surface area contributed by atoms with E-state index >= 15 is 0 Å². The summed E-state index contributed by atoms with van der Waals surface area (Å²) < 4.78 is 16.6. The minimum absolute atomic E-state index is 0.160. The van der Waals surface area contributed by atoms with E-state index in [0.717, 1.165) is 22.2 Å². The fourth-order valence-electron chi connectivity index (χ4n) is 2.89. The van der Waals surface area contributed by atoms with Gasteiger partial charge in [0.15, 0.2) is 11.5 Å². The molecule has 1 saturated heterocycles. The first-order valence-electron chi connectivity index (χ1n) is 9.61. The van der Waals surface area contributed by atoms with E-state index in [-0.39, 0.29) is 30.9 Å². The van der Waals surface area contributed by atoms with Gasteiger partial charge in [-0.15, -0.1) is 0 Å². The fourth-order valence-corrected chi connectivity index (χ4v) is 4.49. The molecule has 0 N–H and O–H groups in total. The highest BCUT2D eigenvalue weighted by Gasteiger charge is 2.34. The van der Waals surface area contributed by atoms with Crippen LogP contribution in [-0.2, 0) is 16.1 Å². The zero-order valence-corrected chi connectivity index (χ0v) is 20.4. The molecule has 0 aliphatic carbocycles. The lowest BCUT2D eigenvalue weighted by molar-refractivity contribution is -0.123. The maximum absolute atomic E-state index is 12.6. The first-order chi connectivity index (χ1) is 15.3. The maximum Gasteiger partial charge on any atom is 0.293 e. The smallest absolute Gasteiger partial charge is 0.293 e. The van der Waals surface area contributed by atoms with Crippen molar-refractivity contribution in [3.63, 3.8) is 0 Å². The van der Waals surface area contributed by atoms with Gasteiger partial charge in [0.1, 0.15) is 6.61 Å². The number of imide groups is 1. The van der Waals surface area contributed by atoms with Gasteiger partial charge in [-0.05, 0) is 54.6 Å². The standard InChI is InChI=1S/C22H20Cl3NO5S/c1-3-30-18-9-13(10-19-21(27)26(6-7-29-2)22(28)32-19)8-17(25)20(18)31-12-14-4-5-15(23)11-16(14)24/h4-5,8-11H,3,6-7,12H2,1-2H3/b19-10+. The normalized spacial score (nSPS) is 15.0. The minimum Gasteiger partial charge on any atom is -0.490 e.